The van der Waals surface area contributed by atoms with E-state index in [9.17, 15) is 0 Å². The van der Waals surface area contributed by atoms with Gasteiger partial charge in [0.25, 0.3) is 0 Å². The summed E-state index contributed by atoms with van der Waals surface area (Å²) >= 11 is 0. The molecule has 98 valence electrons. The van der Waals surface area contributed by atoms with Crippen LogP contribution in [-0.4, -0.2) is 6.10 Å². The molecule has 1 heteroatoms. The standard InChI is InChI=1S/C18H20O/c1-2-8-15(9-3-1)10-4-6-12-17-14-16-11-5-7-13-18(16)19-17/h1-3,5,7-9,11,13,17H,4,6,10,12,14H2/t17-/m1/s1. The molecule has 0 aromatic heterocycles. The van der Waals surface area contributed by atoms with Gasteiger partial charge in [-0.15, -0.1) is 0 Å². The van der Waals surface area contributed by atoms with Crippen molar-refractivity contribution in [3.63, 3.8) is 0 Å². The number of unbranched alkanes of at least 4 members (excludes halogenated alkanes) is 1. The molecule has 1 atom stereocenters. The molecule has 0 bridgehead atoms. The zero-order chi connectivity index (χ0) is 12.9. The molecule has 0 saturated heterocycles. The molecule has 1 aliphatic heterocycles. The van der Waals surface area contributed by atoms with E-state index in [0.717, 1.165) is 12.2 Å². The normalized spacial score (nSPS) is 16.9. The molecule has 0 fully saturated rings. The SMILES string of the molecule is c1ccc(CCCC[C@@H]2Cc3ccccc3O2)cc1. The van der Waals surface area contributed by atoms with Gasteiger partial charge in [0.1, 0.15) is 11.9 Å². The topological polar surface area (TPSA) is 9.23 Å². The zero-order valence-electron chi connectivity index (χ0n) is 11.2. The maximum absolute atomic E-state index is 5.96. The lowest BCUT2D eigenvalue weighted by Crippen LogP contribution is -2.12. The van der Waals surface area contributed by atoms with Crippen LogP contribution in [0.1, 0.15) is 30.4 Å². The van der Waals surface area contributed by atoms with Gasteiger partial charge in [-0.1, -0.05) is 48.5 Å². The van der Waals surface area contributed by atoms with Crippen LogP contribution in [-0.2, 0) is 12.8 Å². The highest BCUT2D eigenvalue weighted by Gasteiger charge is 2.21. The summed E-state index contributed by atoms with van der Waals surface area (Å²) < 4.78 is 5.96. The van der Waals surface area contributed by atoms with Crippen molar-refractivity contribution < 1.29 is 4.74 Å². The Morgan fingerprint density at radius 1 is 0.895 bits per heavy atom. The molecule has 0 N–H and O–H groups in total. The van der Waals surface area contributed by atoms with Crippen molar-refractivity contribution in [2.24, 2.45) is 0 Å². The lowest BCUT2D eigenvalue weighted by Gasteiger charge is -2.10. The summed E-state index contributed by atoms with van der Waals surface area (Å²) in [5, 5.41) is 0. The smallest absolute Gasteiger partial charge is 0.123 e. The zero-order valence-corrected chi connectivity index (χ0v) is 11.2. The molecule has 0 spiro atoms. The first-order valence-electron chi connectivity index (χ1n) is 7.20. The number of hydrogen-bond donors (Lipinski definition) is 0. The van der Waals surface area contributed by atoms with Crippen molar-refractivity contribution >= 4 is 0 Å². The molecular formula is C18H20O. The van der Waals surface area contributed by atoms with Crippen LogP contribution in [0.15, 0.2) is 54.6 Å². The third-order valence-corrected chi connectivity index (χ3v) is 3.80. The molecule has 1 aliphatic rings. The highest BCUT2D eigenvalue weighted by molar-refractivity contribution is 5.37. The van der Waals surface area contributed by atoms with Gasteiger partial charge in [0.05, 0.1) is 0 Å². The molecule has 0 aliphatic carbocycles. The van der Waals surface area contributed by atoms with Gasteiger partial charge in [-0.25, -0.2) is 0 Å². The van der Waals surface area contributed by atoms with E-state index in [0.29, 0.717) is 6.10 Å². The minimum absolute atomic E-state index is 0.396. The monoisotopic (exact) mass is 252 g/mol. The summed E-state index contributed by atoms with van der Waals surface area (Å²) in [5.74, 6) is 1.09. The van der Waals surface area contributed by atoms with Gasteiger partial charge < -0.3 is 4.74 Å². The van der Waals surface area contributed by atoms with Crippen LogP contribution < -0.4 is 4.74 Å². The maximum atomic E-state index is 5.96. The molecule has 2 aromatic rings. The predicted octanol–water partition coefficient (Wildman–Crippen LogP) is 4.40. The Bertz CT molecular complexity index is 493. The first-order valence-corrected chi connectivity index (χ1v) is 7.20. The Morgan fingerprint density at radius 2 is 1.68 bits per heavy atom. The number of fused-ring (bicyclic) bond motifs is 1. The van der Waals surface area contributed by atoms with Crippen LogP contribution in [0.25, 0.3) is 0 Å². The Labute approximate surface area is 115 Å². The first-order chi connectivity index (χ1) is 9.42. The second-order valence-electron chi connectivity index (χ2n) is 5.28. The fourth-order valence-electron chi connectivity index (χ4n) is 2.76. The largest absolute Gasteiger partial charge is 0.490 e. The van der Waals surface area contributed by atoms with Gasteiger partial charge in [0, 0.05) is 6.42 Å². The maximum Gasteiger partial charge on any atom is 0.123 e. The fraction of sp³-hybridized carbons (Fsp3) is 0.333. The average molecular weight is 252 g/mol. The van der Waals surface area contributed by atoms with Crippen LogP contribution in [0.5, 0.6) is 5.75 Å². The van der Waals surface area contributed by atoms with E-state index in [1.165, 1.54) is 36.8 Å². The third-order valence-electron chi connectivity index (χ3n) is 3.80. The predicted molar refractivity (Wildman–Crippen MR) is 78.6 cm³/mol. The van der Waals surface area contributed by atoms with Crippen LogP contribution >= 0.6 is 0 Å². The lowest BCUT2D eigenvalue weighted by molar-refractivity contribution is 0.217. The molecule has 1 nitrogen and oxygen atoms in total. The summed E-state index contributed by atoms with van der Waals surface area (Å²) in [6.07, 6.45) is 6.32. The number of para-hydroxylation sites is 1. The van der Waals surface area contributed by atoms with E-state index in [2.05, 4.69) is 54.6 Å². The van der Waals surface area contributed by atoms with E-state index < -0.39 is 0 Å². The Kier molecular flexibility index (Phi) is 3.83. The van der Waals surface area contributed by atoms with Crippen molar-refractivity contribution in [3.8, 4) is 5.75 Å². The molecule has 0 radical (unpaired) electrons. The van der Waals surface area contributed by atoms with Crippen molar-refractivity contribution in [1.82, 2.24) is 0 Å². The van der Waals surface area contributed by atoms with Crippen molar-refractivity contribution in [2.75, 3.05) is 0 Å². The van der Waals surface area contributed by atoms with Gasteiger partial charge in [0.2, 0.25) is 0 Å². The minimum atomic E-state index is 0.396. The van der Waals surface area contributed by atoms with E-state index in [-0.39, 0.29) is 0 Å². The second kappa shape index (κ2) is 5.92. The number of ether oxygens (including phenoxy) is 1. The molecule has 0 unspecified atom stereocenters. The van der Waals surface area contributed by atoms with E-state index in [1.807, 2.05) is 0 Å². The first kappa shape index (κ1) is 12.3. The van der Waals surface area contributed by atoms with Gasteiger partial charge in [-0.05, 0) is 42.9 Å². The summed E-state index contributed by atoms with van der Waals surface area (Å²) in [5.41, 5.74) is 2.81. The fourth-order valence-corrected chi connectivity index (χ4v) is 2.76. The second-order valence-corrected chi connectivity index (χ2v) is 5.28. The Hall–Kier alpha value is -1.76. The average Bonchev–Trinajstić information content (AvgIpc) is 2.87. The van der Waals surface area contributed by atoms with Crippen molar-refractivity contribution in [1.29, 1.82) is 0 Å². The highest BCUT2D eigenvalue weighted by atomic mass is 16.5. The van der Waals surface area contributed by atoms with Crippen LogP contribution in [0, 0.1) is 0 Å². The number of hydrogen-bond acceptors (Lipinski definition) is 1. The molecular weight excluding hydrogens is 232 g/mol. The van der Waals surface area contributed by atoms with E-state index in [4.69, 9.17) is 4.74 Å². The van der Waals surface area contributed by atoms with Crippen molar-refractivity contribution in [2.45, 2.75) is 38.2 Å². The molecule has 3 rings (SSSR count). The summed E-state index contributed by atoms with van der Waals surface area (Å²) in [4.78, 5) is 0. The van der Waals surface area contributed by atoms with Gasteiger partial charge >= 0.3 is 0 Å². The van der Waals surface area contributed by atoms with Crippen molar-refractivity contribution in [3.05, 3.63) is 65.7 Å². The number of aryl methyl sites for hydroxylation is 1. The number of rotatable bonds is 5. The van der Waals surface area contributed by atoms with Crippen LogP contribution in [0.4, 0.5) is 0 Å². The van der Waals surface area contributed by atoms with Gasteiger partial charge in [-0.2, -0.15) is 0 Å². The summed E-state index contributed by atoms with van der Waals surface area (Å²) in [7, 11) is 0. The molecule has 2 aromatic carbocycles. The molecule has 1 heterocycles. The van der Waals surface area contributed by atoms with Gasteiger partial charge in [-0.3, -0.25) is 0 Å². The van der Waals surface area contributed by atoms with Crippen LogP contribution in [0.3, 0.4) is 0 Å². The minimum Gasteiger partial charge on any atom is -0.490 e. The third kappa shape index (κ3) is 3.17. The van der Waals surface area contributed by atoms with Gasteiger partial charge in [0.15, 0.2) is 0 Å². The van der Waals surface area contributed by atoms with E-state index in [1.54, 1.807) is 0 Å². The lowest BCUT2D eigenvalue weighted by atomic mass is 10.0. The van der Waals surface area contributed by atoms with Crippen LogP contribution in [0.2, 0.25) is 0 Å². The van der Waals surface area contributed by atoms with E-state index >= 15 is 0 Å². The summed E-state index contributed by atoms with van der Waals surface area (Å²) in [6, 6.07) is 19.1. The number of benzene rings is 2. The molecule has 19 heavy (non-hydrogen) atoms. The Morgan fingerprint density at radius 3 is 2.53 bits per heavy atom. The molecule has 0 saturated carbocycles. The highest BCUT2D eigenvalue weighted by Crippen LogP contribution is 2.30. The summed E-state index contributed by atoms with van der Waals surface area (Å²) in [6.45, 7) is 0. The molecule has 0 amide bonds. The Balaban J connectivity index is 1.41. The quantitative estimate of drug-likeness (QED) is 0.716.